The Hall–Kier alpha value is -1.39. The van der Waals surface area contributed by atoms with Gasteiger partial charge in [0.2, 0.25) is 5.91 Å². The standard InChI is InChI=1S/C17H24N2O2/c20-16-8-4-2-6-13(16)11-18-15-10-9-12-5-1-3-7-14(12)19-17(15)21/h1,3,5,7,13,15-16,18,20H,2,4,6,8-11H2,(H,19,21). The van der Waals surface area contributed by atoms with Crippen LogP contribution in [0.5, 0.6) is 0 Å². The molecule has 0 spiro atoms. The molecule has 0 aromatic heterocycles. The molecule has 1 aromatic rings. The van der Waals surface area contributed by atoms with Crippen LogP contribution >= 0.6 is 0 Å². The first kappa shape index (κ1) is 14.5. The Morgan fingerprint density at radius 2 is 2.00 bits per heavy atom. The van der Waals surface area contributed by atoms with Crippen molar-refractivity contribution in [3.05, 3.63) is 29.8 Å². The van der Waals surface area contributed by atoms with E-state index in [0.717, 1.165) is 44.3 Å². The van der Waals surface area contributed by atoms with Gasteiger partial charge in [-0.25, -0.2) is 0 Å². The van der Waals surface area contributed by atoms with Crippen LogP contribution in [0, 0.1) is 5.92 Å². The van der Waals surface area contributed by atoms with E-state index in [2.05, 4.69) is 16.7 Å². The maximum Gasteiger partial charge on any atom is 0.241 e. The van der Waals surface area contributed by atoms with Crippen LogP contribution in [0.1, 0.15) is 37.7 Å². The minimum atomic E-state index is -0.211. The zero-order chi connectivity index (χ0) is 14.7. The maximum absolute atomic E-state index is 12.3. The van der Waals surface area contributed by atoms with Crippen LogP contribution in [0.3, 0.4) is 0 Å². The number of amides is 1. The molecule has 1 aliphatic carbocycles. The fourth-order valence-corrected chi connectivity index (χ4v) is 3.43. The Morgan fingerprint density at radius 3 is 2.86 bits per heavy atom. The fourth-order valence-electron chi connectivity index (χ4n) is 3.43. The summed E-state index contributed by atoms with van der Waals surface area (Å²) in [5.74, 6) is 0.336. The minimum Gasteiger partial charge on any atom is -0.393 e. The highest BCUT2D eigenvalue weighted by molar-refractivity contribution is 5.96. The zero-order valence-corrected chi connectivity index (χ0v) is 12.3. The van der Waals surface area contributed by atoms with Gasteiger partial charge in [-0.05, 0) is 43.2 Å². The van der Waals surface area contributed by atoms with E-state index in [1.807, 2.05) is 18.2 Å². The van der Waals surface area contributed by atoms with Crippen LogP contribution in [-0.2, 0) is 11.2 Å². The number of aryl methyl sites for hydroxylation is 1. The van der Waals surface area contributed by atoms with Gasteiger partial charge in [-0.15, -0.1) is 0 Å². The van der Waals surface area contributed by atoms with Gasteiger partial charge in [0, 0.05) is 12.2 Å². The number of rotatable bonds is 3. The first-order valence-electron chi connectivity index (χ1n) is 8.04. The normalized spacial score (nSPS) is 29.4. The Kier molecular flexibility index (Phi) is 4.56. The molecule has 4 heteroatoms. The number of benzene rings is 1. The molecule has 3 unspecified atom stereocenters. The second kappa shape index (κ2) is 6.58. The van der Waals surface area contributed by atoms with Gasteiger partial charge >= 0.3 is 0 Å². The Morgan fingerprint density at radius 1 is 1.19 bits per heavy atom. The lowest BCUT2D eigenvalue weighted by Gasteiger charge is -2.29. The second-order valence-corrected chi connectivity index (χ2v) is 6.26. The van der Waals surface area contributed by atoms with Crippen molar-refractivity contribution in [1.29, 1.82) is 0 Å². The molecule has 0 saturated heterocycles. The molecule has 3 atom stereocenters. The third kappa shape index (κ3) is 3.44. The molecule has 1 aliphatic heterocycles. The lowest BCUT2D eigenvalue weighted by Crippen LogP contribution is -2.44. The van der Waals surface area contributed by atoms with Gasteiger partial charge in [0.25, 0.3) is 0 Å². The molecule has 3 rings (SSSR count). The van der Waals surface area contributed by atoms with E-state index in [-0.39, 0.29) is 24.0 Å². The van der Waals surface area contributed by atoms with Crippen molar-refractivity contribution >= 4 is 11.6 Å². The number of aliphatic hydroxyl groups is 1. The molecule has 1 amide bonds. The summed E-state index contributed by atoms with van der Waals surface area (Å²) in [6.07, 6.45) is 5.77. The van der Waals surface area contributed by atoms with E-state index < -0.39 is 0 Å². The van der Waals surface area contributed by atoms with Crippen LogP contribution in [0.4, 0.5) is 5.69 Å². The second-order valence-electron chi connectivity index (χ2n) is 6.26. The van der Waals surface area contributed by atoms with Crippen molar-refractivity contribution < 1.29 is 9.90 Å². The molecule has 21 heavy (non-hydrogen) atoms. The van der Waals surface area contributed by atoms with E-state index in [9.17, 15) is 9.90 Å². The van der Waals surface area contributed by atoms with E-state index in [0.29, 0.717) is 0 Å². The fraction of sp³-hybridized carbons (Fsp3) is 0.588. The molecule has 2 aliphatic rings. The molecule has 3 N–H and O–H groups in total. The van der Waals surface area contributed by atoms with Gasteiger partial charge in [-0.3, -0.25) is 4.79 Å². The third-order valence-corrected chi connectivity index (χ3v) is 4.79. The largest absolute Gasteiger partial charge is 0.393 e. The van der Waals surface area contributed by atoms with Gasteiger partial charge in [0.15, 0.2) is 0 Å². The summed E-state index contributed by atoms with van der Waals surface area (Å²) < 4.78 is 0. The van der Waals surface area contributed by atoms with Crippen molar-refractivity contribution in [2.24, 2.45) is 5.92 Å². The summed E-state index contributed by atoms with van der Waals surface area (Å²) in [6.45, 7) is 0.732. The number of hydrogen-bond acceptors (Lipinski definition) is 3. The Bertz CT molecular complexity index is 503. The van der Waals surface area contributed by atoms with Gasteiger partial charge in [-0.1, -0.05) is 31.0 Å². The van der Waals surface area contributed by atoms with Crippen LogP contribution in [0.15, 0.2) is 24.3 Å². The summed E-state index contributed by atoms with van der Waals surface area (Å²) in [4.78, 5) is 12.3. The summed E-state index contributed by atoms with van der Waals surface area (Å²) in [5, 5.41) is 16.4. The van der Waals surface area contributed by atoms with Crippen molar-refractivity contribution in [3.8, 4) is 0 Å². The third-order valence-electron chi connectivity index (χ3n) is 4.79. The predicted octanol–water partition coefficient (Wildman–Crippen LogP) is 2.08. The van der Waals surface area contributed by atoms with Gasteiger partial charge < -0.3 is 15.7 Å². The van der Waals surface area contributed by atoms with Crippen LogP contribution in [0.25, 0.3) is 0 Å². The average molecular weight is 288 g/mol. The molecule has 1 saturated carbocycles. The summed E-state index contributed by atoms with van der Waals surface area (Å²) >= 11 is 0. The zero-order valence-electron chi connectivity index (χ0n) is 12.3. The van der Waals surface area contributed by atoms with E-state index in [1.165, 1.54) is 12.0 Å². The number of aliphatic hydroxyl groups excluding tert-OH is 1. The molecular weight excluding hydrogens is 264 g/mol. The molecule has 0 radical (unpaired) electrons. The van der Waals surface area contributed by atoms with Crippen molar-refractivity contribution in [1.82, 2.24) is 5.32 Å². The number of anilines is 1. The molecule has 0 bridgehead atoms. The first-order valence-corrected chi connectivity index (χ1v) is 8.04. The van der Waals surface area contributed by atoms with Crippen LogP contribution in [-0.4, -0.2) is 29.7 Å². The number of hydrogen-bond donors (Lipinski definition) is 3. The van der Waals surface area contributed by atoms with E-state index >= 15 is 0 Å². The molecule has 1 aromatic carbocycles. The lowest BCUT2D eigenvalue weighted by atomic mass is 9.86. The van der Waals surface area contributed by atoms with Gasteiger partial charge in [-0.2, -0.15) is 0 Å². The molecule has 4 nitrogen and oxygen atoms in total. The predicted molar refractivity (Wildman–Crippen MR) is 83.1 cm³/mol. The topological polar surface area (TPSA) is 61.4 Å². The molecular formula is C17H24N2O2. The average Bonchev–Trinajstić information content (AvgIpc) is 2.65. The van der Waals surface area contributed by atoms with Crippen LogP contribution < -0.4 is 10.6 Å². The maximum atomic E-state index is 12.3. The summed E-state index contributed by atoms with van der Waals surface area (Å²) in [7, 11) is 0. The number of para-hydroxylation sites is 1. The van der Waals surface area contributed by atoms with Crippen molar-refractivity contribution in [2.75, 3.05) is 11.9 Å². The van der Waals surface area contributed by atoms with Gasteiger partial charge in [0.05, 0.1) is 12.1 Å². The molecule has 114 valence electrons. The van der Waals surface area contributed by atoms with Crippen molar-refractivity contribution in [3.63, 3.8) is 0 Å². The number of fused-ring (bicyclic) bond motifs is 1. The Balaban J connectivity index is 1.58. The highest BCUT2D eigenvalue weighted by Crippen LogP contribution is 2.25. The number of carbonyl (C=O) groups is 1. The number of nitrogens with one attached hydrogen (secondary N) is 2. The van der Waals surface area contributed by atoms with E-state index in [1.54, 1.807) is 0 Å². The van der Waals surface area contributed by atoms with E-state index in [4.69, 9.17) is 0 Å². The highest BCUT2D eigenvalue weighted by atomic mass is 16.3. The molecule has 1 fully saturated rings. The SMILES string of the molecule is O=C1Nc2ccccc2CCC1NCC1CCCCC1O. The first-order chi connectivity index (χ1) is 10.2. The monoisotopic (exact) mass is 288 g/mol. The molecule has 1 heterocycles. The van der Waals surface area contributed by atoms with Crippen LogP contribution in [0.2, 0.25) is 0 Å². The quantitative estimate of drug-likeness (QED) is 0.798. The smallest absolute Gasteiger partial charge is 0.241 e. The highest BCUT2D eigenvalue weighted by Gasteiger charge is 2.27. The number of carbonyl (C=O) groups excluding carboxylic acids is 1. The summed E-state index contributed by atoms with van der Waals surface area (Å²) in [6, 6.07) is 7.83. The van der Waals surface area contributed by atoms with Crippen molar-refractivity contribution in [2.45, 2.75) is 50.7 Å². The summed E-state index contributed by atoms with van der Waals surface area (Å²) in [5.41, 5.74) is 2.14. The van der Waals surface area contributed by atoms with Gasteiger partial charge in [0.1, 0.15) is 0 Å². The minimum absolute atomic E-state index is 0.0465. The Labute approximate surface area is 125 Å². The lowest BCUT2D eigenvalue weighted by molar-refractivity contribution is -0.118.